The first kappa shape index (κ1) is 10.3. The third-order valence-electron chi connectivity index (χ3n) is 3.86. The summed E-state index contributed by atoms with van der Waals surface area (Å²) in [4.78, 5) is 2.42. The number of nitrogens with zero attached hydrogens (tertiary/aromatic N) is 2. The van der Waals surface area contributed by atoms with Crippen molar-refractivity contribution in [2.45, 2.75) is 25.8 Å². The van der Waals surface area contributed by atoms with Crippen LogP contribution in [0.1, 0.15) is 23.4 Å². The molecule has 1 saturated heterocycles. The average molecular weight is 220 g/mol. The van der Waals surface area contributed by atoms with Gasteiger partial charge in [-0.3, -0.25) is 5.10 Å². The predicted molar refractivity (Wildman–Crippen MR) is 63.3 cm³/mol. The van der Waals surface area contributed by atoms with E-state index < -0.39 is 0 Å². The van der Waals surface area contributed by atoms with Crippen LogP contribution in [-0.4, -0.2) is 41.8 Å². The van der Waals surface area contributed by atoms with E-state index in [-0.39, 0.29) is 0 Å². The van der Waals surface area contributed by atoms with Crippen molar-refractivity contribution in [1.82, 2.24) is 20.4 Å². The summed E-state index contributed by atoms with van der Waals surface area (Å²) in [5, 5.41) is 11.1. The molecule has 16 heavy (non-hydrogen) atoms. The van der Waals surface area contributed by atoms with E-state index >= 15 is 0 Å². The summed E-state index contributed by atoms with van der Waals surface area (Å²) in [5.74, 6) is 0.805. The molecule has 3 rings (SSSR count). The lowest BCUT2D eigenvalue weighted by molar-refractivity contribution is 0.393. The van der Waals surface area contributed by atoms with Crippen molar-refractivity contribution >= 4 is 0 Å². The number of hydrogen-bond acceptors (Lipinski definition) is 3. The fourth-order valence-corrected chi connectivity index (χ4v) is 2.92. The second kappa shape index (κ2) is 4.18. The van der Waals surface area contributed by atoms with Crippen LogP contribution in [0.15, 0.2) is 0 Å². The molecule has 0 amide bonds. The maximum Gasteiger partial charge on any atom is 0.0673 e. The minimum atomic E-state index is 0.805. The van der Waals surface area contributed by atoms with Crippen molar-refractivity contribution in [2.75, 3.05) is 26.7 Å². The standard InChI is InChI=1S/C12H20N4/c1-16-5-3-9(8-16)6-12-10-7-13-4-2-11(10)14-15-12/h9,13H,2-8H2,1H3,(H,14,15). The van der Waals surface area contributed by atoms with Gasteiger partial charge in [0, 0.05) is 37.3 Å². The zero-order chi connectivity index (χ0) is 11.0. The van der Waals surface area contributed by atoms with Crippen LogP contribution >= 0.6 is 0 Å². The Morgan fingerprint density at radius 1 is 1.50 bits per heavy atom. The Hall–Kier alpha value is -0.870. The Bertz CT molecular complexity index is 371. The van der Waals surface area contributed by atoms with Gasteiger partial charge in [-0.05, 0) is 32.4 Å². The summed E-state index contributed by atoms with van der Waals surface area (Å²) in [6.45, 7) is 4.56. The van der Waals surface area contributed by atoms with E-state index in [4.69, 9.17) is 0 Å². The third kappa shape index (κ3) is 1.87. The number of fused-ring (bicyclic) bond motifs is 1. The summed E-state index contributed by atoms with van der Waals surface area (Å²) in [5.41, 5.74) is 4.11. The minimum absolute atomic E-state index is 0.805. The van der Waals surface area contributed by atoms with Crippen molar-refractivity contribution in [3.05, 3.63) is 17.0 Å². The maximum atomic E-state index is 4.50. The first-order valence-corrected chi connectivity index (χ1v) is 6.27. The molecule has 0 saturated carbocycles. The van der Waals surface area contributed by atoms with E-state index in [1.54, 1.807) is 0 Å². The lowest BCUT2D eigenvalue weighted by Gasteiger charge is -2.14. The molecule has 1 atom stereocenters. The number of H-pyrrole nitrogens is 1. The SMILES string of the molecule is CN1CCC(Cc2n[nH]c3c2CNCC3)C1. The summed E-state index contributed by atoms with van der Waals surface area (Å²) >= 11 is 0. The first-order chi connectivity index (χ1) is 7.83. The normalized spacial score (nSPS) is 25.9. The number of rotatable bonds is 2. The maximum absolute atomic E-state index is 4.50. The molecule has 1 unspecified atom stereocenters. The molecule has 1 aromatic heterocycles. The van der Waals surface area contributed by atoms with Crippen molar-refractivity contribution < 1.29 is 0 Å². The molecule has 88 valence electrons. The van der Waals surface area contributed by atoms with Gasteiger partial charge >= 0.3 is 0 Å². The number of aromatic nitrogens is 2. The molecule has 0 aliphatic carbocycles. The highest BCUT2D eigenvalue weighted by atomic mass is 15.1. The number of nitrogens with one attached hydrogen (secondary N) is 2. The molecule has 4 heteroatoms. The molecule has 0 bridgehead atoms. The molecule has 2 aliphatic rings. The lowest BCUT2D eigenvalue weighted by atomic mass is 9.98. The molecule has 0 aromatic carbocycles. The summed E-state index contributed by atoms with van der Waals surface area (Å²) in [6, 6.07) is 0. The average Bonchev–Trinajstić information content (AvgIpc) is 2.87. The second-order valence-electron chi connectivity index (χ2n) is 5.18. The van der Waals surface area contributed by atoms with Gasteiger partial charge in [0.15, 0.2) is 0 Å². The Kier molecular flexibility index (Phi) is 2.69. The molecule has 0 spiro atoms. The first-order valence-electron chi connectivity index (χ1n) is 6.27. The Balaban J connectivity index is 1.72. The largest absolute Gasteiger partial charge is 0.312 e. The zero-order valence-electron chi connectivity index (χ0n) is 9.92. The number of likely N-dealkylation sites (tertiary alicyclic amines) is 1. The number of hydrogen-bond donors (Lipinski definition) is 2. The topological polar surface area (TPSA) is 44.0 Å². The molecule has 4 nitrogen and oxygen atoms in total. The third-order valence-corrected chi connectivity index (χ3v) is 3.86. The predicted octanol–water partition coefficient (Wildman–Crippen LogP) is 0.550. The fraction of sp³-hybridized carbons (Fsp3) is 0.750. The van der Waals surface area contributed by atoms with Crippen LogP contribution in [0, 0.1) is 5.92 Å². The van der Waals surface area contributed by atoms with E-state index in [2.05, 4.69) is 27.5 Å². The van der Waals surface area contributed by atoms with Crippen molar-refractivity contribution in [3.8, 4) is 0 Å². The molecule has 0 radical (unpaired) electrons. The Labute approximate surface area is 96.4 Å². The monoisotopic (exact) mass is 220 g/mol. The Morgan fingerprint density at radius 3 is 3.25 bits per heavy atom. The van der Waals surface area contributed by atoms with Crippen molar-refractivity contribution in [1.29, 1.82) is 0 Å². The quantitative estimate of drug-likeness (QED) is 0.765. The minimum Gasteiger partial charge on any atom is -0.312 e. The highest BCUT2D eigenvalue weighted by Gasteiger charge is 2.23. The summed E-state index contributed by atoms with van der Waals surface area (Å²) in [7, 11) is 2.21. The fourth-order valence-electron chi connectivity index (χ4n) is 2.92. The van der Waals surface area contributed by atoms with Crippen LogP contribution in [0.4, 0.5) is 0 Å². The van der Waals surface area contributed by atoms with Crippen molar-refractivity contribution in [2.24, 2.45) is 5.92 Å². The molecular formula is C12H20N4. The van der Waals surface area contributed by atoms with E-state index in [0.29, 0.717) is 0 Å². The molecule has 2 N–H and O–H groups in total. The van der Waals surface area contributed by atoms with E-state index in [0.717, 1.165) is 31.8 Å². The van der Waals surface area contributed by atoms with Crippen LogP contribution in [0.25, 0.3) is 0 Å². The van der Waals surface area contributed by atoms with E-state index in [1.165, 1.54) is 36.5 Å². The Morgan fingerprint density at radius 2 is 2.44 bits per heavy atom. The van der Waals surface area contributed by atoms with Crippen LogP contribution in [-0.2, 0) is 19.4 Å². The summed E-state index contributed by atoms with van der Waals surface area (Å²) < 4.78 is 0. The van der Waals surface area contributed by atoms with Gasteiger partial charge in [-0.1, -0.05) is 0 Å². The van der Waals surface area contributed by atoms with Crippen molar-refractivity contribution in [3.63, 3.8) is 0 Å². The van der Waals surface area contributed by atoms with Crippen LogP contribution in [0.3, 0.4) is 0 Å². The smallest absolute Gasteiger partial charge is 0.0673 e. The van der Waals surface area contributed by atoms with Gasteiger partial charge in [-0.25, -0.2) is 0 Å². The van der Waals surface area contributed by atoms with Gasteiger partial charge in [0.1, 0.15) is 0 Å². The molecular weight excluding hydrogens is 200 g/mol. The molecule has 2 aliphatic heterocycles. The number of aromatic amines is 1. The molecule has 1 fully saturated rings. The van der Waals surface area contributed by atoms with Gasteiger partial charge in [0.25, 0.3) is 0 Å². The van der Waals surface area contributed by atoms with Gasteiger partial charge in [0.05, 0.1) is 5.69 Å². The van der Waals surface area contributed by atoms with E-state index in [1.807, 2.05) is 0 Å². The molecule has 3 heterocycles. The van der Waals surface area contributed by atoms with Gasteiger partial charge < -0.3 is 10.2 Å². The van der Waals surface area contributed by atoms with Gasteiger partial charge in [0.2, 0.25) is 0 Å². The molecule has 1 aromatic rings. The van der Waals surface area contributed by atoms with E-state index in [9.17, 15) is 0 Å². The van der Waals surface area contributed by atoms with Crippen LogP contribution < -0.4 is 5.32 Å². The highest BCUT2D eigenvalue weighted by molar-refractivity contribution is 5.27. The zero-order valence-corrected chi connectivity index (χ0v) is 9.92. The van der Waals surface area contributed by atoms with Gasteiger partial charge in [-0.15, -0.1) is 0 Å². The highest BCUT2D eigenvalue weighted by Crippen LogP contribution is 2.23. The second-order valence-corrected chi connectivity index (χ2v) is 5.18. The van der Waals surface area contributed by atoms with Gasteiger partial charge in [-0.2, -0.15) is 5.10 Å². The summed E-state index contributed by atoms with van der Waals surface area (Å²) in [6.07, 6.45) is 3.58. The lowest BCUT2D eigenvalue weighted by Crippen LogP contribution is -2.24. The van der Waals surface area contributed by atoms with Crippen LogP contribution in [0.5, 0.6) is 0 Å². The van der Waals surface area contributed by atoms with Crippen LogP contribution in [0.2, 0.25) is 0 Å².